The van der Waals surface area contributed by atoms with Crippen molar-refractivity contribution in [2.75, 3.05) is 0 Å². The van der Waals surface area contributed by atoms with Crippen LogP contribution in [0.2, 0.25) is 0 Å². The molecule has 0 bridgehead atoms. The molecule has 1 aliphatic rings. The third-order valence-corrected chi connectivity index (χ3v) is 1.31. The topological polar surface area (TPSA) is 17.1 Å². The normalized spacial score (nSPS) is 15.9. The van der Waals surface area contributed by atoms with Crippen molar-refractivity contribution in [2.45, 2.75) is 13.3 Å². The summed E-state index contributed by atoms with van der Waals surface area (Å²) in [5.41, 5.74) is 0.831. The van der Waals surface area contributed by atoms with Crippen LogP contribution in [0.25, 0.3) is 0 Å². The van der Waals surface area contributed by atoms with Crippen LogP contribution in [0.15, 0.2) is 23.8 Å². The van der Waals surface area contributed by atoms with Crippen LogP contribution in [-0.4, -0.2) is 5.78 Å². The van der Waals surface area contributed by atoms with E-state index in [1.165, 1.54) is 0 Å². The number of Topliss-reactive ketones (excluding diaryl/α,β-unsaturated/α-hetero) is 1. The molecule has 0 aromatic heterocycles. The van der Waals surface area contributed by atoms with Gasteiger partial charge < -0.3 is 0 Å². The summed E-state index contributed by atoms with van der Waals surface area (Å²) in [6.07, 6.45) is 8.04. The molecule has 0 saturated heterocycles. The Hall–Kier alpha value is -0.850. The van der Waals surface area contributed by atoms with Gasteiger partial charge in [-0.3, -0.25) is 4.79 Å². The van der Waals surface area contributed by atoms with Crippen LogP contribution in [-0.2, 0) is 4.79 Å². The molecule has 0 heterocycles. The van der Waals surface area contributed by atoms with Crippen molar-refractivity contribution >= 4 is 5.78 Å². The molecule has 0 spiro atoms. The highest BCUT2D eigenvalue weighted by atomic mass is 16.1. The van der Waals surface area contributed by atoms with E-state index in [9.17, 15) is 4.79 Å². The fraction of sp³-hybridized carbons (Fsp3) is 0.250. The maximum absolute atomic E-state index is 10.9. The molecule has 0 saturated carbocycles. The molecule has 0 aliphatic heterocycles. The van der Waals surface area contributed by atoms with Gasteiger partial charge in [-0.05, 0) is 0 Å². The minimum absolute atomic E-state index is 0.222. The van der Waals surface area contributed by atoms with Crippen LogP contribution < -0.4 is 0 Å². The van der Waals surface area contributed by atoms with Crippen molar-refractivity contribution in [3.05, 3.63) is 30.2 Å². The Kier molecular flexibility index (Phi) is 1.83. The molecule has 0 unspecified atom stereocenters. The van der Waals surface area contributed by atoms with Crippen LogP contribution in [0.3, 0.4) is 0 Å². The summed E-state index contributed by atoms with van der Waals surface area (Å²) < 4.78 is 0. The van der Waals surface area contributed by atoms with Crippen LogP contribution in [0, 0.1) is 6.42 Å². The highest BCUT2D eigenvalue weighted by Gasteiger charge is 2.06. The third-order valence-electron chi connectivity index (χ3n) is 1.31. The van der Waals surface area contributed by atoms with Crippen molar-refractivity contribution in [3.63, 3.8) is 0 Å². The zero-order valence-corrected chi connectivity index (χ0v) is 5.42. The molecular weight excluding hydrogens is 112 g/mol. The monoisotopic (exact) mass is 121 g/mol. The highest BCUT2D eigenvalue weighted by molar-refractivity contribution is 5.98. The summed E-state index contributed by atoms with van der Waals surface area (Å²) >= 11 is 0. The van der Waals surface area contributed by atoms with Gasteiger partial charge in [-0.25, -0.2) is 0 Å². The summed E-state index contributed by atoms with van der Waals surface area (Å²) in [7, 11) is 0. The maximum atomic E-state index is 10.9. The summed E-state index contributed by atoms with van der Waals surface area (Å²) in [5.74, 6) is 0.222. The van der Waals surface area contributed by atoms with Crippen molar-refractivity contribution in [3.8, 4) is 0 Å². The van der Waals surface area contributed by atoms with Gasteiger partial charge in [0.2, 0.25) is 0 Å². The molecule has 9 heavy (non-hydrogen) atoms. The largest absolute Gasteiger partial charge is 0.295 e. The molecular formula is C8H9O. The van der Waals surface area contributed by atoms with Crippen molar-refractivity contribution in [2.24, 2.45) is 0 Å². The van der Waals surface area contributed by atoms with Crippen LogP contribution in [0.1, 0.15) is 13.3 Å². The Morgan fingerprint density at radius 3 is 2.78 bits per heavy atom. The van der Waals surface area contributed by atoms with E-state index in [4.69, 9.17) is 0 Å². The van der Waals surface area contributed by atoms with Gasteiger partial charge in [0.05, 0.1) is 0 Å². The molecule has 1 rings (SSSR count). The highest BCUT2D eigenvalue weighted by Crippen LogP contribution is 2.10. The predicted molar refractivity (Wildman–Crippen MR) is 36.8 cm³/mol. The van der Waals surface area contributed by atoms with Crippen LogP contribution >= 0.6 is 0 Å². The van der Waals surface area contributed by atoms with E-state index in [0.717, 1.165) is 5.57 Å². The molecule has 0 N–H and O–H groups in total. The minimum Gasteiger partial charge on any atom is -0.295 e. The first-order valence-electron chi connectivity index (χ1n) is 3.09. The number of ketones is 1. The van der Waals surface area contributed by atoms with Gasteiger partial charge in [0.15, 0.2) is 5.78 Å². The van der Waals surface area contributed by atoms with E-state index in [-0.39, 0.29) is 5.78 Å². The fourth-order valence-electron chi connectivity index (χ4n) is 0.764. The molecule has 0 aromatic carbocycles. The Morgan fingerprint density at radius 1 is 1.56 bits per heavy atom. The van der Waals surface area contributed by atoms with Gasteiger partial charge in [-0.1, -0.05) is 25.2 Å². The zero-order valence-electron chi connectivity index (χ0n) is 5.42. The van der Waals surface area contributed by atoms with Gasteiger partial charge >= 0.3 is 0 Å². The standard InChI is InChI=1S/C8H9O/c1-2-8(9)7-5-3-4-6-7/h3-6H,2H2,1H3. The Labute approximate surface area is 55.1 Å². The van der Waals surface area contributed by atoms with Gasteiger partial charge in [0.25, 0.3) is 0 Å². The summed E-state index contributed by atoms with van der Waals surface area (Å²) in [6.45, 7) is 1.87. The molecule has 0 aromatic rings. The first kappa shape index (κ1) is 6.27. The summed E-state index contributed by atoms with van der Waals surface area (Å²) in [6, 6.07) is 0. The molecule has 47 valence electrons. The van der Waals surface area contributed by atoms with Gasteiger partial charge in [0, 0.05) is 18.4 Å². The number of hydrogen-bond donors (Lipinski definition) is 0. The maximum Gasteiger partial charge on any atom is 0.159 e. The Balaban J connectivity index is 2.55. The lowest BCUT2D eigenvalue weighted by Gasteiger charge is -1.93. The van der Waals surface area contributed by atoms with Gasteiger partial charge in [0.1, 0.15) is 0 Å². The lowest BCUT2D eigenvalue weighted by atomic mass is 10.1. The Morgan fingerprint density at radius 2 is 2.33 bits per heavy atom. The quantitative estimate of drug-likeness (QED) is 0.543. The van der Waals surface area contributed by atoms with Gasteiger partial charge in [-0.15, -0.1) is 0 Å². The van der Waals surface area contributed by atoms with E-state index in [1.807, 2.05) is 31.6 Å². The second-order valence-electron chi connectivity index (χ2n) is 1.95. The van der Waals surface area contributed by atoms with E-state index in [0.29, 0.717) is 6.42 Å². The second-order valence-corrected chi connectivity index (χ2v) is 1.95. The summed E-state index contributed by atoms with van der Waals surface area (Å²) in [4.78, 5) is 10.9. The van der Waals surface area contributed by atoms with Crippen molar-refractivity contribution < 1.29 is 4.79 Å². The second kappa shape index (κ2) is 2.62. The smallest absolute Gasteiger partial charge is 0.159 e. The first-order chi connectivity index (χ1) is 4.34. The van der Waals surface area contributed by atoms with Crippen molar-refractivity contribution in [1.82, 2.24) is 0 Å². The SMILES string of the molecule is CCC(=O)C1=CC=C[CH]1. The zero-order chi connectivity index (χ0) is 6.69. The predicted octanol–water partition coefficient (Wildman–Crippen LogP) is 1.67. The lowest BCUT2D eigenvalue weighted by Crippen LogP contribution is -1.97. The summed E-state index contributed by atoms with van der Waals surface area (Å²) in [5, 5.41) is 0. The molecule has 1 radical (unpaired) electrons. The third kappa shape index (κ3) is 1.28. The van der Waals surface area contributed by atoms with Crippen LogP contribution in [0.5, 0.6) is 0 Å². The lowest BCUT2D eigenvalue weighted by molar-refractivity contribution is -0.115. The molecule has 1 aliphatic carbocycles. The van der Waals surface area contributed by atoms with E-state index in [1.54, 1.807) is 0 Å². The number of carbonyl (C=O) groups is 1. The van der Waals surface area contributed by atoms with E-state index in [2.05, 4.69) is 0 Å². The van der Waals surface area contributed by atoms with Crippen molar-refractivity contribution in [1.29, 1.82) is 0 Å². The van der Waals surface area contributed by atoms with E-state index < -0.39 is 0 Å². The molecule has 0 fully saturated rings. The number of allylic oxidation sites excluding steroid dienone is 4. The Bertz CT molecular complexity index is 175. The average molecular weight is 121 g/mol. The first-order valence-corrected chi connectivity index (χ1v) is 3.09. The van der Waals surface area contributed by atoms with Gasteiger partial charge in [-0.2, -0.15) is 0 Å². The molecule has 0 amide bonds. The average Bonchev–Trinajstić information content (AvgIpc) is 2.37. The number of carbonyl (C=O) groups excluding carboxylic acids is 1. The fourth-order valence-corrected chi connectivity index (χ4v) is 0.764. The number of hydrogen-bond acceptors (Lipinski definition) is 1. The van der Waals surface area contributed by atoms with E-state index >= 15 is 0 Å². The molecule has 0 atom stereocenters. The molecule has 1 nitrogen and oxygen atoms in total. The number of rotatable bonds is 2. The minimum atomic E-state index is 0.222. The molecule has 1 heteroatoms. The van der Waals surface area contributed by atoms with Crippen LogP contribution in [0.4, 0.5) is 0 Å².